The topological polar surface area (TPSA) is 60.2 Å². The monoisotopic (exact) mass is 257 g/mol. The lowest BCUT2D eigenvalue weighted by molar-refractivity contribution is 0.315. The normalized spacial score (nSPS) is 10.2. The van der Waals surface area contributed by atoms with Crippen LogP contribution in [0.2, 0.25) is 0 Å². The Morgan fingerprint density at radius 3 is 2.79 bits per heavy atom. The van der Waals surface area contributed by atoms with Gasteiger partial charge in [0.15, 0.2) is 0 Å². The Hall–Kier alpha value is -2.23. The Balaban J connectivity index is 1.68. The zero-order chi connectivity index (χ0) is 13.5. The molecule has 0 unspecified atom stereocenters. The van der Waals surface area contributed by atoms with Gasteiger partial charge in [-0.1, -0.05) is 18.2 Å². The third-order valence-electron chi connectivity index (χ3n) is 2.79. The molecule has 0 bridgehead atoms. The van der Waals surface area contributed by atoms with Crippen molar-refractivity contribution >= 4 is 11.5 Å². The number of nitrogen functional groups attached to an aromatic ring is 1. The molecule has 2 aromatic rings. The zero-order valence-corrected chi connectivity index (χ0v) is 11.1. The van der Waals surface area contributed by atoms with Crippen molar-refractivity contribution in [2.24, 2.45) is 0 Å². The van der Waals surface area contributed by atoms with Gasteiger partial charge in [-0.05, 0) is 37.1 Å². The number of nitrogens with two attached hydrogens (primary N) is 1. The molecule has 0 aliphatic rings. The molecule has 4 heteroatoms. The molecule has 0 saturated heterocycles. The van der Waals surface area contributed by atoms with Crippen molar-refractivity contribution in [3.05, 3.63) is 48.2 Å². The highest BCUT2D eigenvalue weighted by Gasteiger charge is 1.98. The lowest BCUT2D eigenvalue weighted by atomic mass is 10.2. The van der Waals surface area contributed by atoms with E-state index in [1.165, 1.54) is 0 Å². The number of benzene rings is 1. The summed E-state index contributed by atoms with van der Waals surface area (Å²) in [7, 11) is 0. The second-order valence-electron chi connectivity index (χ2n) is 4.37. The molecule has 2 rings (SSSR count). The summed E-state index contributed by atoms with van der Waals surface area (Å²) in [5, 5.41) is 3.25. The highest BCUT2D eigenvalue weighted by Crippen LogP contribution is 2.13. The quantitative estimate of drug-likeness (QED) is 0.781. The molecule has 0 fully saturated rings. The third kappa shape index (κ3) is 4.17. The number of hydrogen-bond donors (Lipinski definition) is 2. The van der Waals surface area contributed by atoms with Gasteiger partial charge in [0.1, 0.15) is 11.6 Å². The molecule has 0 saturated carbocycles. The van der Waals surface area contributed by atoms with Crippen LogP contribution in [-0.4, -0.2) is 18.1 Å². The fraction of sp³-hybridized carbons (Fsp3) is 0.267. The minimum Gasteiger partial charge on any atom is -0.494 e. The molecule has 1 aromatic heterocycles. The predicted octanol–water partition coefficient (Wildman–Crippen LogP) is 2.85. The van der Waals surface area contributed by atoms with E-state index < -0.39 is 0 Å². The van der Waals surface area contributed by atoms with Gasteiger partial charge in [-0.25, -0.2) is 4.98 Å². The van der Waals surface area contributed by atoms with E-state index in [-0.39, 0.29) is 0 Å². The van der Waals surface area contributed by atoms with E-state index in [1.807, 2.05) is 43.3 Å². The first kappa shape index (κ1) is 13.2. The van der Waals surface area contributed by atoms with E-state index in [2.05, 4.69) is 10.3 Å². The standard InChI is InChI=1S/C15H19N3O/c1-12-10-15(18-11-14(12)16)17-8-5-9-19-13-6-3-2-4-7-13/h2-4,6-7,10-11H,5,8-9,16H2,1H3,(H,17,18). The number of pyridine rings is 1. The van der Waals surface area contributed by atoms with Crippen LogP contribution in [0.3, 0.4) is 0 Å². The summed E-state index contributed by atoms with van der Waals surface area (Å²) in [6, 6.07) is 11.8. The molecule has 0 spiro atoms. The Labute approximate surface area is 113 Å². The SMILES string of the molecule is Cc1cc(NCCCOc2ccccc2)ncc1N. The van der Waals surface area contributed by atoms with Crippen molar-refractivity contribution in [3.63, 3.8) is 0 Å². The largest absolute Gasteiger partial charge is 0.494 e. The van der Waals surface area contributed by atoms with Gasteiger partial charge in [-0.15, -0.1) is 0 Å². The van der Waals surface area contributed by atoms with Gasteiger partial charge in [0, 0.05) is 6.54 Å². The average molecular weight is 257 g/mol. The molecule has 0 aliphatic carbocycles. The highest BCUT2D eigenvalue weighted by atomic mass is 16.5. The van der Waals surface area contributed by atoms with E-state index >= 15 is 0 Å². The lowest BCUT2D eigenvalue weighted by Crippen LogP contribution is -2.08. The highest BCUT2D eigenvalue weighted by molar-refractivity contribution is 5.50. The first-order chi connectivity index (χ1) is 9.25. The van der Waals surface area contributed by atoms with Crippen LogP contribution in [0.4, 0.5) is 11.5 Å². The van der Waals surface area contributed by atoms with Crippen LogP contribution in [0, 0.1) is 6.92 Å². The van der Waals surface area contributed by atoms with Crippen molar-refractivity contribution in [1.29, 1.82) is 0 Å². The van der Waals surface area contributed by atoms with Gasteiger partial charge in [-0.3, -0.25) is 0 Å². The molecule has 4 nitrogen and oxygen atoms in total. The van der Waals surface area contributed by atoms with E-state index in [0.29, 0.717) is 6.61 Å². The number of rotatable bonds is 6. The predicted molar refractivity (Wildman–Crippen MR) is 78.4 cm³/mol. The van der Waals surface area contributed by atoms with Crippen molar-refractivity contribution in [3.8, 4) is 5.75 Å². The maximum Gasteiger partial charge on any atom is 0.126 e. The molecule has 3 N–H and O–H groups in total. The molecule has 19 heavy (non-hydrogen) atoms. The Morgan fingerprint density at radius 1 is 1.26 bits per heavy atom. The number of ether oxygens (including phenoxy) is 1. The van der Waals surface area contributed by atoms with Gasteiger partial charge >= 0.3 is 0 Å². The average Bonchev–Trinajstić information content (AvgIpc) is 2.43. The van der Waals surface area contributed by atoms with Crippen LogP contribution < -0.4 is 15.8 Å². The molecule has 0 amide bonds. The van der Waals surface area contributed by atoms with Gasteiger partial charge in [0.2, 0.25) is 0 Å². The Kier molecular flexibility index (Phi) is 4.61. The van der Waals surface area contributed by atoms with E-state index in [4.69, 9.17) is 10.5 Å². The second-order valence-corrected chi connectivity index (χ2v) is 4.37. The maximum atomic E-state index is 5.72. The van der Waals surface area contributed by atoms with Crippen LogP contribution in [0.15, 0.2) is 42.6 Å². The minimum atomic E-state index is 0.685. The van der Waals surface area contributed by atoms with Crippen LogP contribution in [-0.2, 0) is 0 Å². The van der Waals surface area contributed by atoms with E-state index in [9.17, 15) is 0 Å². The van der Waals surface area contributed by atoms with Gasteiger partial charge in [-0.2, -0.15) is 0 Å². The third-order valence-corrected chi connectivity index (χ3v) is 2.79. The lowest BCUT2D eigenvalue weighted by Gasteiger charge is -2.08. The van der Waals surface area contributed by atoms with Gasteiger partial charge < -0.3 is 15.8 Å². The molecule has 0 atom stereocenters. The first-order valence-electron chi connectivity index (χ1n) is 6.39. The maximum absolute atomic E-state index is 5.72. The summed E-state index contributed by atoms with van der Waals surface area (Å²) < 4.78 is 5.61. The summed E-state index contributed by atoms with van der Waals surface area (Å²) in [6.07, 6.45) is 2.60. The number of nitrogens with zero attached hydrogens (tertiary/aromatic N) is 1. The molecule has 1 heterocycles. The number of para-hydroxylation sites is 1. The first-order valence-corrected chi connectivity index (χ1v) is 6.39. The van der Waals surface area contributed by atoms with E-state index in [0.717, 1.165) is 35.8 Å². The van der Waals surface area contributed by atoms with Gasteiger partial charge in [0.25, 0.3) is 0 Å². The number of hydrogen-bond acceptors (Lipinski definition) is 4. The summed E-state index contributed by atoms with van der Waals surface area (Å²) in [5.41, 5.74) is 7.48. The smallest absolute Gasteiger partial charge is 0.126 e. The van der Waals surface area contributed by atoms with Crippen molar-refractivity contribution in [2.75, 3.05) is 24.2 Å². The van der Waals surface area contributed by atoms with Crippen molar-refractivity contribution in [2.45, 2.75) is 13.3 Å². The molecule has 0 radical (unpaired) electrons. The minimum absolute atomic E-state index is 0.685. The molecular weight excluding hydrogens is 238 g/mol. The Morgan fingerprint density at radius 2 is 2.05 bits per heavy atom. The number of aromatic nitrogens is 1. The molecular formula is C15H19N3O. The summed E-state index contributed by atoms with van der Waals surface area (Å²) in [6.45, 7) is 3.48. The van der Waals surface area contributed by atoms with Crippen LogP contribution in [0.5, 0.6) is 5.75 Å². The summed E-state index contributed by atoms with van der Waals surface area (Å²) in [4.78, 5) is 4.22. The number of nitrogens with one attached hydrogen (secondary N) is 1. The Bertz CT molecular complexity index is 514. The van der Waals surface area contributed by atoms with Crippen LogP contribution in [0.1, 0.15) is 12.0 Å². The van der Waals surface area contributed by atoms with Crippen molar-refractivity contribution in [1.82, 2.24) is 4.98 Å². The molecule has 1 aromatic carbocycles. The summed E-state index contributed by atoms with van der Waals surface area (Å²) >= 11 is 0. The fourth-order valence-corrected chi connectivity index (χ4v) is 1.66. The fourth-order valence-electron chi connectivity index (χ4n) is 1.66. The number of aryl methyl sites for hydroxylation is 1. The van der Waals surface area contributed by atoms with Gasteiger partial charge in [0.05, 0.1) is 18.5 Å². The second kappa shape index (κ2) is 6.64. The van der Waals surface area contributed by atoms with Crippen LogP contribution in [0.25, 0.3) is 0 Å². The number of anilines is 2. The summed E-state index contributed by atoms with van der Waals surface area (Å²) in [5.74, 6) is 1.76. The van der Waals surface area contributed by atoms with Crippen molar-refractivity contribution < 1.29 is 4.74 Å². The molecule has 0 aliphatic heterocycles. The molecule has 100 valence electrons. The van der Waals surface area contributed by atoms with Crippen LogP contribution >= 0.6 is 0 Å². The van der Waals surface area contributed by atoms with E-state index in [1.54, 1.807) is 6.20 Å². The zero-order valence-electron chi connectivity index (χ0n) is 11.1.